The molecule has 0 amide bonds. The Morgan fingerprint density at radius 1 is 1.64 bits per heavy atom. The number of anilines is 1. The highest BCUT2D eigenvalue weighted by Crippen LogP contribution is 2.14. The van der Waals surface area contributed by atoms with Gasteiger partial charge in [-0.1, -0.05) is 0 Å². The summed E-state index contributed by atoms with van der Waals surface area (Å²) in [4.78, 5) is 7.38. The molecule has 0 spiro atoms. The van der Waals surface area contributed by atoms with E-state index < -0.39 is 0 Å². The van der Waals surface area contributed by atoms with Crippen LogP contribution in [0.25, 0.3) is 0 Å². The highest BCUT2D eigenvalue weighted by molar-refractivity contribution is 7.15. The topological polar surface area (TPSA) is 42.2 Å². The molecule has 0 saturated carbocycles. The number of thiazole rings is 1. The van der Waals surface area contributed by atoms with Crippen LogP contribution in [-0.4, -0.2) is 30.5 Å². The molecule has 0 saturated heterocycles. The lowest BCUT2D eigenvalue weighted by Crippen LogP contribution is -2.14. The lowest BCUT2D eigenvalue weighted by Gasteiger charge is -2.06. The van der Waals surface area contributed by atoms with E-state index in [1.54, 1.807) is 11.3 Å². The number of hydrogen-bond donors (Lipinski definition) is 1. The molecule has 0 radical (unpaired) electrons. The first-order valence-electron chi connectivity index (χ1n) is 3.53. The van der Waals surface area contributed by atoms with Crippen LogP contribution in [0.2, 0.25) is 0 Å². The largest absolute Gasteiger partial charge is 0.375 e. The smallest absolute Gasteiger partial charge is 0.180 e. The molecular formula is C7H13N3S. The van der Waals surface area contributed by atoms with Gasteiger partial charge in [-0.05, 0) is 20.5 Å². The molecule has 0 aliphatic rings. The van der Waals surface area contributed by atoms with E-state index in [0.717, 1.165) is 13.0 Å². The summed E-state index contributed by atoms with van der Waals surface area (Å²) >= 11 is 1.57. The van der Waals surface area contributed by atoms with Crippen LogP contribution < -0.4 is 5.73 Å². The number of likely N-dealkylation sites (N-methyl/N-ethyl adjacent to an activating group) is 1. The first-order valence-corrected chi connectivity index (χ1v) is 4.35. The lowest BCUT2D eigenvalue weighted by molar-refractivity contribution is 0.415. The van der Waals surface area contributed by atoms with Crippen LogP contribution in [0.3, 0.4) is 0 Å². The molecule has 2 N–H and O–H groups in total. The Bertz CT molecular complexity index is 219. The van der Waals surface area contributed by atoms with Gasteiger partial charge in [0.2, 0.25) is 0 Å². The average Bonchev–Trinajstić information content (AvgIpc) is 2.31. The molecule has 0 unspecified atom stereocenters. The van der Waals surface area contributed by atoms with Gasteiger partial charge in [-0.2, -0.15) is 0 Å². The van der Waals surface area contributed by atoms with Crippen LogP contribution in [0.1, 0.15) is 4.88 Å². The van der Waals surface area contributed by atoms with Crippen molar-refractivity contribution in [3.05, 3.63) is 11.1 Å². The SMILES string of the molecule is CN(C)CCc1cnc(N)s1. The molecule has 3 nitrogen and oxygen atoms in total. The van der Waals surface area contributed by atoms with Crippen LogP contribution in [0, 0.1) is 0 Å². The van der Waals surface area contributed by atoms with Gasteiger partial charge in [0, 0.05) is 17.6 Å². The highest BCUT2D eigenvalue weighted by Gasteiger charge is 1.98. The fraction of sp³-hybridized carbons (Fsp3) is 0.571. The van der Waals surface area contributed by atoms with Crippen molar-refractivity contribution in [3.63, 3.8) is 0 Å². The minimum Gasteiger partial charge on any atom is -0.375 e. The minimum atomic E-state index is 0.666. The van der Waals surface area contributed by atoms with Crippen LogP contribution in [0.15, 0.2) is 6.20 Å². The zero-order chi connectivity index (χ0) is 8.27. The molecule has 0 aromatic carbocycles. The molecule has 0 aliphatic heterocycles. The summed E-state index contributed by atoms with van der Waals surface area (Å²) in [7, 11) is 4.12. The minimum absolute atomic E-state index is 0.666. The second kappa shape index (κ2) is 3.69. The Balaban J connectivity index is 2.39. The van der Waals surface area contributed by atoms with Crippen molar-refractivity contribution in [2.75, 3.05) is 26.4 Å². The zero-order valence-corrected chi connectivity index (χ0v) is 7.69. The van der Waals surface area contributed by atoms with Crippen LogP contribution in [0.5, 0.6) is 0 Å². The Morgan fingerprint density at radius 2 is 2.36 bits per heavy atom. The number of nitrogens with two attached hydrogens (primary N) is 1. The van der Waals surface area contributed by atoms with Gasteiger partial charge >= 0.3 is 0 Å². The Morgan fingerprint density at radius 3 is 2.82 bits per heavy atom. The molecule has 1 rings (SSSR count). The van der Waals surface area contributed by atoms with Crippen LogP contribution in [-0.2, 0) is 6.42 Å². The maximum Gasteiger partial charge on any atom is 0.180 e. The van der Waals surface area contributed by atoms with Gasteiger partial charge in [0.25, 0.3) is 0 Å². The molecular weight excluding hydrogens is 158 g/mol. The molecule has 0 fully saturated rings. The van der Waals surface area contributed by atoms with E-state index in [9.17, 15) is 0 Å². The van der Waals surface area contributed by atoms with Crippen molar-refractivity contribution < 1.29 is 0 Å². The molecule has 11 heavy (non-hydrogen) atoms. The maximum absolute atomic E-state index is 5.48. The van der Waals surface area contributed by atoms with E-state index in [1.807, 2.05) is 6.20 Å². The van der Waals surface area contributed by atoms with Gasteiger partial charge in [-0.25, -0.2) is 4.98 Å². The van der Waals surface area contributed by atoms with Crippen molar-refractivity contribution in [1.29, 1.82) is 0 Å². The first-order chi connectivity index (χ1) is 5.18. The van der Waals surface area contributed by atoms with E-state index in [-0.39, 0.29) is 0 Å². The summed E-state index contributed by atoms with van der Waals surface area (Å²) < 4.78 is 0. The van der Waals surface area contributed by atoms with Crippen molar-refractivity contribution in [3.8, 4) is 0 Å². The van der Waals surface area contributed by atoms with E-state index in [0.29, 0.717) is 5.13 Å². The van der Waals surface area contributed by atoms with Crippen molar-refractivity contribution >= 4 is 16.5 Å². The summed E-state index contributed by atoms with van der Waals surface area (Å²) in [6.45, 7) is 1.06. The number of nitrogens with zero attached hydrogens (tertiary/aromatic N) is 2. The second-order valence-corrected chi connectivity index (χ2v) is 3.86. The van der Waals surface area contributed by atoms with E-state index in [1.165, 1.54) is 4.88 Å². The molecule has 4 heteroatoms. The maximum atomic E-state index is 5.48. The lowest BCUT2D eigenvalue weighted by atomic mass is 10.4. The van der Waals surface area contributed by atoms with Crippen molar-refractivity contribution in [2.45, 2.75) is 6.42 Å². The fourth-order valence-electron chi connectivity index (χ4n) is 0.772. The van der Waals surface area contributed by atoms with Crippen molar-refractivity contribution in [2.24, 2.45) is 0 Å². The third kappa shape index (κ3) is 2.86. The predicted octanol–water partition coefficient (Wildman–Crippen LogP) is 0.829. The van der Waals surface area contributed by atoms with Crippen LogP contribution in [0.4, 0.5) is 5.13 Å². The number of nitrogen functional groups attached to an aromatic ring is 1. The van der Waals surface area contributed by atoms with Gasteiger partial charge in [0.15, 0.2) is 5.13 Å². The van der Waals surface area contributed by atoms with E-state index in [4.69, 9.17) is 5.73 Å². The monoisotopic (exact) mass is 171 g/mol. The molecule has 0 atom stereocenters. The van der Waals surface area contributed by atoms with Crippen LogP contribution >= 0.6 is 11.3 Å². The predicted molar refractivity (Wildman–Crippen MR) is 48.8 cm³/mol. The number of hydrogen-bond acceptors (Lipinski definition) is 4. The summed E-state index contributed by atoms with van der Waals surface area (Å²) in [6.07, 6.45) is 2.89. The quantitative estimate of drug-likeness (QED) is 0.732. The van der Waals surface area contributed by atoms with Gasteiger partial charge in [0.05, 0.1) is 0 Å². The van der Waals surface area contributed by atoms with Crippen molar-refractivity contribution in [1.82, 2.24) is 9.88 Å². The van der Waals surface area contributed by atoms with Gasteiger partial charge in [0.1, 0.15) is 0 Å². The van der Waals surface area contributed by atoms with Gasteiger partial charge in [-0.3, -0.25) is 0 Å². The Hall–Kier alpha value is -0.610. The Labute approximate surface area is 70.9 Å². The molecule has 1 heterocycles. The van der Waals surface area contributed by atoms with E-state index >= 15 is 0 Å². The third-order valence-corrected chi connectivity index (χ3v) is 2.26. The molecule has 1 aromatic heterocycles. The van der Waals surface area contributed by atoms with Gasteiger partial charge < -0.3 is 10.6 Å². The second-order valence-electron chi connectivity index (χ2n) is 2.72. The number of rotatable bonds is 3. The molecule has 1 aromatic rings. The zero-order valence-electron chi connectivity index (χ0n) is 6.87. The summed E-state index contributed by atoms with van der Waals surface area (Å²) in [5, 5.41) is 0.666. The highest BCUT2D eigenvalue weighted by atomic mass is 32.1. The average molecular weight is 171 g/mol. The summed E-state index contributed by atoms with van der Waals surface area (Å²) in [6, 6.07) is 0. The first kappa shape index (κ1) is 8.49. The molecule has 0 aliphatic carbocycles. The van der Waals surface area contributed by atoms with Gasteiger partial charge in [-0.15, -0.1) is 11.3 Å². The Kier molecular flexibility index (Phi) is 2.84. The number of aromatic nitrogens is 1. The normalized spacial score (nSPS) is 10.8. The van der Waals surface area contributed by atoms with E-state index in [2.05, 4.69) is 24.0 Å². The third-order valence-electron chi connectivity index (χ3n) is 1.38. The molecule has 0 bridgehead atoms. The summed E-state index contributed by atoms with van der Waals surface area (Å²) in [5.74, 6) is 0. The standard InChI is InChI=1S/C7H13N3S/c1-10(2)4-3-6-5-9-7(8)11-6/h5H,3-4H2,1-2H3,(H2,8,9). The fourth-order valence-corrected chi connectivity index (χ4v) is 1.44. The molecule has 62 valence electrons. The summed E-state index contributed by atoms with van der Waals surface area (Å²) in [5.41, 5.74) is 5.48.